The molecule has 1 aromatic heterocycles. The van der Waals surface area contributed by atoms with E-state index in [1.54, 1.807) is 18.5 Å². The molecule has 3 heterocycles. The Hall–Kier alpha value is -2.56. The molecule has 27 heavy (non-hydrogen) atoms. The molecule has 2 aliphatic rings. The Morgan fingerprint density at radius 1 is 1.00 bits per heavy atom. The van der Waals surface area contributed by atoms with Gasteiger partial charge in [-0.1, -0.05) is 53.5 Å². The van der Waals surface area contributed by atoms with Crippen LogP contribution in [0.4, 0.5) is 0 Å². The lowest BCUT2D eigenvalue weighted by molar-refractivity contribution is -0.0189. The summed E-state index contributed by atoms with van der Waals surface area (Å²) in [7, 11) is 0. The van der Waals surface area contributed by atoms with Crippen LogP contribution in [0, 0.1) is 0 Å². The van der Waals surface area contributed by atoms with E-state index in [9.17, 15) is 0 Å². The van der Waals surface area contributed by atoms with Gasteiger partial charge in [0, 0.05) is 35.0 Å². The number of hydrogen-bond donors (Lipinski definition) is 0. The molecule has 0 fully saturated rings. The normalized spacial score (nSPS) is 20.5. The highest BCUT2D eigenvalue weighted by atomic mass is 35.5. The van der Waals surface area contributed by atoms with E-state index in [1.165, 1.54) is 0 Å². The number of aromatic nitrogens is 1. The number of fused-ring (bicyclic) bond motifs is 3. The minimum Gasteiger partial charge on any atom is -0.463 e. The SMILES string of the molecule is Clc1cc(Cl)c2c(c1)C1CC(c3ccccc3)=NN1C(c1ccncc1)O2. The number of hydrazone groups is 1. The van der Waals surface area contributed by atoms with Crippen LogP contribution in [0.3, 0.4) is 0 Å². The summed E-state index contributed by atoms with van der Waals surface area (Å²) in [6.45, 7) is 0. The Morgan fingerprint density at radius 3 is 2.56 bits per heavy atom. The predicted molar refractivity (Wildman–Crippen MR) is 106 cm³/mol. The van der Waals surface area contributed by atoms with Gasteiger partial charge in [-0.05, 0) is 29.8 Å². The second-order valence-corrected chi connectivity index (χ2v) is 7.41. The first-order chi connectivity index (χ1) is 13.2. The quantitative estimate of drug-likeness (QED) is 0.563. The first kappa shape index (κ1) is 16.6. The molecule has 6 heteroatoms. The molecule has 2 unspecified atom stereocenters. The van der Waals surface area contributed by atoms with Gasteiger partial charge in [-0.2, -0.15) is 5.10 Å². The fourth-order valence-electron chi connectivity index (χ4n) is 3.67. The van der Waals surface area contributed by atoms with Gasteiger partial charge in [0.1, 0.15) is 5.75 Å². The zero-order valence-electron chi connectivity index (χ0n) is 14.2. The number of hydrogen-bond acceptors (Lipinski definition) is 4. The average Bonchev–Trinajstić information content (AvgIpc) is 3.15. The van der Waals surface area contributed by atoms with E-state index in [2.05, 4.69) is 17.1 Å². The van der Waals surface area contributed by atoms with E-state index in [0.29, 0.717) is 15.8 Å². The van der Waals surface area contributed by atoms with Gasteiger partial charge in [0.2, 0.25) is 6.23 Å². The maximum absolute atomic E-state index is 6.47. The summed E-state index contributed by atoms with van der Waals surface area (Å²) >= 11 is 12.7. The van der Waals surface area contributed by atoms with Gasteiger partial charge in [0.25, 0.3) is 0 Å². The van der Waals surface area contributed by atoms with Crippen LogP contribution in [0.2, 0.25) is 10.0 Å². The molecule has 0 radical (unpaired) electrons. The summed E-state index contributed by atoms with van der Waals surface area (Å²) in [6, 6.07) is 17.7. The number of nitrogens with zero attached hydrogens (tertiary/aromatic N) is 3. The molecule has 5 rings (SSSR count). The van der Waals surface area contributed by atoms with Crippen molar-refractivity contribution in [1.82, 2.24) is 9.99 Å². The van der Waals surface area contributed by atoms with Gasteiger partial charge in [0.15, 0.2) is 0 Å². The van der Waals surface area contributed by atoms with Crippen molar-refractivity contribution < 1.29 is 4.74 Å². The van der Waals surface area contributed by atoms with Crippen molar-refractivity contribution >= 4 is 28.9 Å². The molecule has 3 aromatic rings. The Balaban J connectivity index is 1.64. The van der Waals surface area contributed by atoms with Crippen LogP contribution in [-0.2, 0) is 0 Å². The summed E-state index contributed by atoms with van der Waals surface area (Å²) in [5, 5.41) is 8.03. The van der Waals surface area contributed by atoms with Crippen molar-refractivity contribution in [3.8, 4) is 5.75 Å². The molecule has 0 N–H and O–H groups in total. The largest absolute Gasteiger partial charge is 0.463 e. The first-order valence-corrected chi connectivity index (χ1v) is 9.43. The van der Waals surface area contributed by atoms with Crippen molar-refractivity contribution in [2.45, 2.75) is 18.7 Å². The van der Waals surface area contributed by atoms with E-state index in [1.807, 2.05) is 41.4 Å². The molecule has 0 aliphatic carbocycles. The van der Waals surface area contributed by atoms with Crippen LogP contribution < -0.4 is 4.74 Å². The van der Waals surface area contributed by atoms with Gasteiger partial charge in [0.05, 0.1) is 16.8 Å². The lowest BCUT2D eigenvalue weighted by atomic mass is 9.96. The molecule has 134 valence electrons. The molecule has 0 spiro atoms. The third-order valence-electron chi connectivity index (χ3n) is 4.91. The van der Waals surface area contributed by atoms with E-state index < -0.39 is 0 Å². The highest BCUT2D eigenvalue weighted by Gasteiger charge is 2.42. The lowest BCUT2D eigenvalue weighted by Crippen LogP contribution is -2.33. The highest BCUT2D eigenvalue weighted by molar-refractivity contribution is 6.35. The summed E-state index contributed by atoms with van der Waals surface area (Å²) in [4.78, 5) is 4.11. The number of benzene rings is 2. The molecular weight excluding hydrogens is 381 g/mol. The van der Waals surface area contributed by atoms with Crippen LogP contribution in [0.25, 0.3) is 0 Å². The van der Waals surface area contributed by atoms with Crippen molar-refractivity contribution in [2.24, 2.45) is 5.10 Å². The smallest absolute Gasteiger partial charge is 0.214 e. The van der Waals surface area contributed by atoms with Gasteiger partial charge in [-0.15, -0.1) is 0 Å². The Morgan fingerprint density at radius 2 is 1.78 bits per heavy atom. The number of halogens is 2. The lowest BCUT2D eigenvalue weighted by Gasteiger charge is -2.38. The summed E-state index contributed by atoms with van der Waals surface area (Å²) in [6.07, 6.45) is 3.90. The molecule has 0 bridgehead atoms. The Bertz CT molecular complexity index is 1020. The molecule has 2 atom stereocenters. The topological polar surface area (TPSA) is 37.7 Å². The zero-order chi connectivity index (χ0) is 18.4. The molecule has 0 saturated heterocycles. The second-order valence-electron chi connectivity index (χ2n) is 6.57. The molecule has 0 amide bonds. The molecule has 4 nitrogen and oxygen atoms in total. The van der Waals surface area contributed by atoms with Crippen LogP contribution in [0.1, 0.15) is 35.4 Å². The Labute approximate surface area is 167 Å². The van der Waals surface area contributed by atoms with Crippen LogP contribution in [0.5, 0.6) is 5.75 Å². The number of ether oxygens (including phenoxy) is 1. The molecular formula is C21H15Cl2N3O. The van der Waals surface area contributed by atoms with E-state index in [0.717, 1.165) is 28.8 Å². The van der Waals surface area contributed by atoms with Gasteiger partial charge in [-0.25, -0.2) is 5.01 Å². The summed E-state index contributed by atoms with van der Waals surface area (Å²) < 4.78 is 6.30. The number of rotatable bonds is 2. The average molecular weight is 396 g/mol. The monoisotopic (exact) mass is 395 g/mol. The summed E-state index contributed by atoms with van der Waals surface area (Å²) in [5.74, 6) is 0.675. The van der Waals surface area contributed by atoms with Crippen LogP contribution in [0.15, 0.2) is 72.1 Å². The minimum absolute atomic E-state index is 0.0123. The molecule has 0 saturated carbocycles. The Kier molecular flexibility index (Phi) is 4.03. The third kappa shape index (κ3) is 2.85. The maximum atomic E-state index is 6.47. The standard InChI is InChI=1S/C21H15Cl2N3O/c22-15-10-16-19-12-18(13-4-2-1-3-5-13)25-26(19)21(14-6-8-24-9-7-14)27-20(16)17(23)11-15/h1-11,19,21H,12H2. The maximum Gasteiger partial charge on any atom is 0.214 e. The van der Waals surface area contributed by atoms with E-state index in [4.69, 9.17) is 33.0 Å². The predicted octanol–water partition coefficient (Wildman–Crippen LogP) is 5.63. The first-order valence-electron chi connectivity index (χ1n) is 8.67. The van der Waals surface area contributed by atoms with Crippen molar-refractivity contribution in [3.05, 3.63) is 93.7 Å². The van der Waals surface area contributed by atoms with Gasteiger partial charge >= 0.3 is 0 Å². The number of pyridine rings is 1. The fourth-order valence-corrected chi connectivity index (χ4v) is 4.22. The van der Waals surface area contributed by atoms with Gasteiger partial charge < -0.3 is 4.74 Å². The fraction of sp³-hybridized carbons (Fsp3) is 0.143. The second kappa shape index (κ2) is 6.55. The highest BCUT2D eigenvalue weighted by Crippen LogP contribution is 2.50. The van der Waals surface area contributed by atoms with E-state index >= 15 is 0 Å². The molecule has 2 aromatic carbocycles. The van der Waals surface area contributed by atoms with Gasteiger partial charge in [-0.3, -0.25) is 4.98 Å². The van der Waals surface area contributed by atoms with Crippen molar-refractivity contribution in [3.63, 3.8) is 0 Å². The minimum atomic E-state index is -0.370. The zero-order valence-corrected chi connectivity index (χ0v) is 15.7. The van der Waals surface area contributed by atoms with Crippen LogP contribution >= 0.6 is 23.2 Å². The van der Waals surface area contributed by atoms with Crippen molar-refractivity contribution in [1.29, 1.82) is 0 Å². The summed E-state index contributed by atoms with van der Waals surface area (Å²) in [5.41, 5.74) is 4.07. The van der Waals surface area contributed by atoms with Crippen molar-refractivity contribution in [2.75, 3.05) is 0 Å². The van der Waals surface area contributed by atoms with E-state index in [-0.39, 0.29) is 12.3 Å². The molecule has 2 aliphatic heterocycles. The third-order valence-corrected chi connectivity index (χ3v) is 5.41. The van der Waals surface area contributed by atoms with Crippen LogP contribution in [-0.4, -0.2) is 15.7 Å².